The summed E-state index contributed by atoms with van der Waals surface area (Å²) in [4.78, 5) is 16.1. The molecular weight excluding hydrogens is 352 g/mol. The van der Waals surface area contributed by atoms with E-state index in [1.807, 2.05) is 13.1 Å². The van der Waals surface area contributed by atoms with Crippen LogP contribution in [0.25, 0.3) is 11.1 Å². The van der Waals surface area contributed by atoms with Crippen molar-refractivity contribution in [2.45, 2.75) is 45.6 Å². The number of carbonyl (C=O) groups excluding carboxylic acids is 1. The van der Waals surface area contributed by atoms with Crippen LogP contribution >= 0.6 is 0 Å². The third-order valence-corrected chi connectivity index (χ3v) is 4.65. The van der Waals surface area contributed by atoms with E-state index in [0.29, 0.717) is 11.6 Å². The molecule has 0 unspecified atom stereocenters. The minimum Gasteiger partial charge on any atom is -0.398 e. The van der Waals surface area contributed by atoms with E-state index in [4.69, 9.17) is 27.3 Å². The Morgan fingerprint density at radius 1 is 1.39 bits per heavy atom. The van der Waals surface area contributed by atoms with Crippen molar-refractivity contribution < 1.29 is 4.79 Å². The molecule has 0 atom stereocenters. The third-order valence-electron chi connectivity index (χ3n) is 4.65. The zero-order valence-corrected chi connectivity index (χ0v) is 16.5. The number of hydrogen-bond donors (Lipinski definition) is 4. The summed E-state index contributed by atoms with van der Waals surface area (Å²) in [6.07, 6.45) is 11.6. The highest BCUT2D eigenvalue weighted by molar-refractivity contribution is 5.97. The van der Waals surface area contributed by atoms with Crippen molar-refractivity contribution in [1.82, 2.24) is 9.55 Å². The van der Waals surface area contributed by atoms with E-state index in [-0.39, 0.29) is 11.3 Å². The molecule has 0 radical (unpaired) electrons. The number of hydrogen-bond acceptors (Lipinski definition) is 5. The quantitative estimate of drug-likeness (QED) is 0.281. The Balaban J connectivity index is 2.57. The number of aromatic nitrogens is 2. The Bertz CT molecular complexity index is 896. The zero-order chi connectivity index (χ0) is 20.8. The van der Waals surface area contributed by atoms with E-state index in [0.717, 1.165) is 54.6 Å². The SMILES string of the molecule is C=C(/C=C(N)\C(C=N)=C(/C)c1nc(/C(=C/C=N)CCC)cn1C1CC1)C(N)=O. The molecule has 1 heterocycles. The maximum Gasteiger partial charge on any atom is 0.248 e. The van der Waals surface area contributed by atoms with Crippen LogP contribution in [0.15, 0.2) is 41.8 Å². The summed E-state index contributed by atoms with van der Waals surface area (Å²) in [7, 11) is 0. The lowest BCUT2D eigenvalue weighted by Crippen LogP contribution is -2.14. The van der Waals surface area contributed by atoms with Crippen LogP contribution in [0.3, 0.4) is 0 Å². The number of imidazole rings is 1. The lowest BCUT2D eigenvalue weighted by molar-refractivity contribution is -0.114. The van der Waals surface area contributed by atoms with Crippen LogP contribution in [-0.2, 0) is 4.79 Å². The van der Waals surface area contributed by atoms with Gasteiger partial charge in [-0.15, -0.1) is 0 Å². The second-order valence-corrected chi connectivity index (χ2v) is 6.87. The van der Waals surface area contributed by atoms with Crippen LogP contribution in [0, 0.1) is 10.8 Å². The van der Waals surface area contributed by atoms with Gasteiger partial charge in [0.15, 0.2) is 0 Å². The fourth-order valence-corrected chi connectivity index (χ4v) is 2.99. The summed E-state index contributed by atoms with van der Waals surface area (Å²) < 4.78 is 2.12. The van der Waals surface area contributed by atoms with Crippen molar-refractivity contribution in [3.8, 4) is 0 Å². The van der Waals surface area contributed by atoms with E-state index < -0.39 is 5.91 Å². The van der Waals surface area contributed by atoms with Crippen molar-refractivity contribution in [3.63, 3.8) is 0 Å². The molecule has 1 aromatic rings. The number of allylic oxidation sites excluding steroid dienone is 4. The summed E-state index contributed by atoms with van der Waals surface area (Å²) in [5, 5.41) is 15.2. The molecule has 1 amide bonds. The number of primary amides is 1. The molecule has 1 saturated carbocycles. The van der Waals surface area contributed by atoms with Crippen LogP contribution in [0.4, 0.5) is 0 Å². The molecule has 28 heavy (non-hydrogen) atoms. The topological polar surface area (TPSA) is 135 Å². The van der Waals surface area contributed by atoms with Gasteiger partial charge in [0.25, 0.3) is 0 Å². The molecular formula is C21H28N6O. The van der Waals surface area contributed by atoms with Gasteiger partial charge in [-0.05, 0) is 43.9 Å². The van der Waals surface area contributed by atoms with E-state index >= 15 is 0 Å². The maximum absolute atomic E-state index is 11.2. The van der Waals surface area contributed by atoms with Gasteiger partial charge in [-0.1, -0.05) is 19.9 Å². The minimum atomic E-state index is -0.660. The van der Waals surface area contributed by atoms with Gasteiger partial charge < -0.3 is 26.9 Å². The Morgan fingerprint density at radius 2 is 2.07 bits per heavy atom. The number of carbonyl (C=O) groups is 1. The molecule has 0 aliphatic heterocycles. The Labute approximate surface area is 165 Å². The molecule has 0 saturated heterocycles. The lowest BCUT2D eigenvalue weighted by Gasteiger charge is -2.11. The second kappa shape index (κ2) is 9.12. The summed E-state index contributed by atoms with van der Waals surface area (Å²) in [6.45, 7) is 7.54. The number of rotatable bonds is 10. The van der Waals surface area contributed by atoms with Crippen LogP contribution in [-0.4, -0.2) is 27.9 Å². The van der Waals surface area contributed by atoms with Crippen molar-refractivity contribution in [2.75, 3.05) is 0 Å². The standard InChI is InChI=1S/C21H28N6O/c1-4-5-15(8-9-22)19-12-27(16-6-7-16)21(26-19)14(3)17(11-23)18(24)10-13(2)20(25)28/h8-12,16,22-23H,2,4-7,24H2,1,3H3,(H2,25,28)/b15-8+,17-14+,18-10+,22-9?,23-11?. The van der Waals surface area contributed by atoms with Crippen LogP contribution in [0.1, 0.15) is 57.1 Å². The largest absolute Gasteiger partial charge is 0.398 e. The van der Waals surface area contributed by atoms with E-state index in [9.17, 15) is 4.79 Å². The maximum atomic E-state index is 11.2. The van der Waals surface area contributed by atoms with Gasteiger partial charge in [0.05, 0.1) is 5.69 Å². The molecule has 0 bridgehead atoms. The summed E-state index contributed by atoms with van der Waals surface area (Å²) in [5.74, 6) is 0.0803. The molecule has 148 valence electrons. The van der Waals surface area contributed by atoms with E-state index in [1.54, 1.807) is 6.08 Å². The molecule has 0 spiro atoms. The first-order valence-corrected chi connectivity index (χ1v) is 9.30. The highest BCUT2D eigenvalue weighted by Crippen LogP contribution is 2.39. The number of nitrogens with two attached hydrogens (primary N) is 2. The zero-order valence-electron chi connectivity index (χ0n) is 16.5. The Kier molecular flexibility index (Phi) is 6.87. The minimum absolute atomic E-state index is 0.0787. The third kappa shape index (κ3) is 4.73. The van der Waals surface area contributed by atoms with E-state index in [1.165, 1.54) is 12.3 Å². The first-order valence-electron chi connectivity index (χ1n) is 9.30. The number of nitrogens with zero attached hydrogens (tertiary/aromatic N) is 2. The first kappa shape index (κ1) is 21.1. The average molecular weight is 380 g/mol. The fraction of sp³-hybridized carbons (Fsp3) is 0.333. The van der Waals surface area contributed by atoms with Crippen molar-refractivity contribution in [1.29, 1.82) is 10.8 Å². The van der Waals surface area contributed by atoms with Crippen LogP contribution in [0.2, 0.25) is 0 Å². The molecule has 1 fully saturated rings. The Morgan fingerprint density at radius 3 is 2.57 bits per heavy atom. The van der Waals surface area contributed by atoms with Crippen molar-refractivity contribution in [3.05, 3.63) is 53.3 Å². The number of amides is 1. The van der Waals surface area contributed by atoms with Gasteiger partial charge in [0.1, 0.15) is 5.82 Å². The van der Waals surface area contributed by atoms with E-state index in [2.05, 4.69) is 18.1 Å². The molecule has 2 rings (SSSR count). The lowest BCUT2D eigenvalue weighted by atomic mass is 10.0. The van der Waals surface area contributed by atoms with Gasteiger partial charge in [-0.25, -0.2) is 4.98 Å². The number of nitrogens with one attached hydrogen (secondary N) is 2. The molecule has 7 heteroatoms. The van der Waals surface area contributed by atoms with Gasteiger partial charge in [0.2, 0.25) is 5.91 Å². The van der Waals surface area contributed by atoms with Crippen LogP contribution in [0.5, 0.6) is 0 Å². The first-order chi connectivity index (χ1) is 13.3. The molecule has 1 aliphatic rings. The molecule has 1 aromatic heterocycles. The normalized spacial score (nSPS) is 15.8. The van der Waals surface area contributed by atoms with Gasteiger partial charge in [0, 0.05) is 47.1 Å². The highest BCUT2D eigenvalue weighted by atomic mass is 16.1. The van der Waals surface area contributed by atoms with Crippen molar-refractivity contribution in [2.24, 2.45) is 11.5 Å². The summed E-state index contributed by atoms with van der Waals surface area (Å²) in [6, 6.07) is 0.381. The molecule has 6 N–H and O–H groups in total. The predicted molar refractivity (Wildman–Crippen MR) is 114 cm³/mol. The fourth-order valence-electron chi connectivity index (χ4n) is 2.99. The highest BCUT2D eigenvalue weighted by Gasteiger charge is 2.28. The molecule has 7 nitrogen and oxygen atoms in total. The summed E-state index contributed by atoms with van der Waals surface area (Å²) in [5.41, 5.74) is 14.7. The van der Waals surface area contributed by atoms with Gasteiger partial charge in [-0.3, -0.25) is 4.79 Å². The second-order valence-electron chi connectivity index (χ2n) is 6.87. The van der Waals surface area contributed by atoms with Crippen LogP contribution < -0.4 is 11.5 Å². The predicted octanol–water partition coefficient (Wildman–Crippen LogP) is 3.36. The summed E-state index contributed by atoms with van der Waals surface area (Å²) >= 11 is 0. The molecule has 0 aromatic carbocycles. The van der Waals surface area contributed by atoms with Gasteiger partial charge in [-0.2, -0.15) is 0 Å². The van der Waals surface area contributed by atoms with Gasteiger partial charge >= 0.3 is 0 Å². The molecule has 1 aliphatic carbocycles. The Hall–Kier alpha value is -3.22. The average Bonchev–Trinajstić information content (AvgIpc) is 3.40. The smallest absolute Gasteiger partial charge is 0.248 e. The monoisotopic (exact) mass is 380 g/mol. The van der Waals surface area contributed by atoms with Crippen molar-refractivity contribution >= 4 is 29.5 Å².